The Morgan fingerprint density at radius 2 is 2.21 bits per heavy atom. The molecule has 2 heterocycles. The van der Waals surface area contributed by atoms with Crippen LogP contribution >= 0.6 is 11.3 Å². The molecular formula is C15H21N3S. The molecule has 19 heavy (non-hydrogen) atoms. The van der Waals surface area contributed by atoms with Crippen LogP contribution in [-0.2, 0) is 6.54 Å². The maximum atomic E-state index is 4.30. The molecule has 1 unspecified atom stereocenters. The Kier molecular flexibility index (Phi) is 5.51. The zero-order chi connectivity index (χ0) is 13.5. The van der Waals surface area contributed by atoms with Crippen LogP contribution in [0, 0.1) is 0 Å². The first-order chi connectivity index (χ1) is 9.27. The van der Waals surface area contributed by atoms with Gasteiger partial charge in [-0.25, -0.2) is 0 Å². The standard InChI is InChI=1S/C15H21N3S/c1-13(15-7-5-11-19-15)18(2)10-9-16-12-14-6-3-4-8-17-14/h3-8,11,13,16H,9-10,12H2,1-2H3. The maximum Gasteiger partial charge on any atom is 0.0541 e. The first-order valence-electron chi connectivity index (χ1n) is 6.61. The number of thiophene rings is 1. The second-order valence-electron chi connectivity index (χ2n) is 4.67. The van der Waals surface area contributed by atoms with E-state index in [0.717, 1.165) is 25.3 Å². The smallest absolute Gasteiger partial charge is 0.0541 e. The average molecular weight is 275 g/mol. The van der Waals surface area contributed by atoms with Gasteiger partial charge in [0, 0.05) is 36.8 Å². The molecule has 4 heteroatoms. The maximum absolute atomic E-state index is 4.30. The van der Waals surface area contributed by atoms with E-state index in [-0.39, 0.29) is 0 Å². The van der Waals surface area contributed by atoms with Crippen LogP contribution in [0.4, 0.5) is 0 Å². The van der Waals surface area contributed by atoms with Crippen LogP contribution in [0.2, 0.25) is 0 Å². The molecule has 0 aliphatic rings. The molecule has 2 aromatic heterocycles. The van der Waals surface area contributed by atoms with E-state index in [9.17, 15) is 0 Å². The summed E-state index contributed by atoms with van der Waals surface area (Å²) in [5, 5.41) is 5.57. The van der Waals surface area contributed by atoms with E-state index >= 15 is 0 Å². The molecule has 0 saturated heterocycles. The predicted octanol–water partition coefficient (Wildman–Crippen LogP) is 2.93. The third-order valence-corrected chi connectivity index (χ3v) is 4.33. The number of nitrogens with zero attached hydrogens (tertiary/aromatic N) is 2. The van der Waals surface area contributed by atoms with Gasteiger partial charge in [0.2, 0.25) is 0 Å². The number of rotatable bonds is 7. The van der Waals surface area contributed by atoms with Crippen LogP contribution in [-0.4, -0.2) is 30.0 Å². The van der Waals surface area contributed by atoms with Crippen molar-refractivity contribution < 1.29 is 0 Å². The van der Waals surface area contributed by atoms with Crippen LogP contribution in [0.15, 0.2) is 41.9 Å². The quantitative estimate of drug-likeness (QED) is 0.788. The molecule has 1 atom stereocenters. The Hall–Kier alpha value is -1.23. The van der Waals surface area contributed by atoms with Gasteiger partial charge in [0.05, 0.1) is 5.69 Å². The van der Waals surface area contributed by atoms with E-state index in [2.05, 4.69) is 46.7 Å². The Morgan fingerprint density at radius 1 is 1.32 bits per heavy atom. The topological polar surface area (TPSA) is 28.2 Å². The van der Waals surface area contributed by atoms with Crippen molar-refractivity contribution in [2.45, 2.75) is 19.5 Å². The van der Waals surface area contributed by atoms with Crippen LogP contribution in [0.3, 0.4) is 0 Å². The van der Waals surface area contributed by atoms with Crippen LogP contribution < -0.4 is 5.32 Å². The third-order valence-electron chi connectivity index (χ3n) is 3.29. The van der Waals surface area contributed by atoms with Gasteiger partial charge in [-0.05, 0) is 37.6 Å². The predicted molar refractivity (Wildman–Crippen MR) is 81.3 cm³/mol. The summed E-state index contributed by atoms with van der Waals surface area (Å²) in [6, 6.07) is 10.8. The summed E-state index contributed by atoms with van der Waals surface area (Å²) in [6.07, 6.45) is 1.84. The van der Waals surface area contributed by atoms with Crippen molar-refractivity contribution in [3.63, 3.8) is 0 Å². The molecule has 1 N–H and O–H groups in total. The van der Waals surface area contributed by atoms with Gasteiger partial charge in [0.15, 0.2) is 0 Å². The summed E-state index contributed by atoms with van der Waals surface area (Å²) in [7, 11) is 2.17. The lowest BCUT2D eigenvalue weighted by molar-refractivity contribution is 0.264. The molecule has 0 fully saturated rings. The molecule has 0 aliphatic heterocycles. The molecule has 0 radical (unpaired) electrons. The highest BCUT2D eigenvalue weighted by atomic mass is 32.1. The lowest BCUT2D eigenvalue weighted by Crippen LogP contribution is -2.30. The zero-order valence-electron chi connectivity index (χ0n) is 11.5. The average Bonchev–Trinajstić information content (AvgIpc) is 2.98. The molecule has 0 aromatic carbocycles. The number of aromatic nitrogens is 1. The summed E-state index contributed by atoms with van der Waals surface area (Å²) in [6.45, 7) is 5.10. The number of likely N-dealkylation sites (N-methyl/N-ethyl adjacent to an activating group) is 1. The Labute approximate surface area is 119 Å². The van der Waals surface area contributed by atoms with Crippen molar-refractivity contribution in [1.29, 1.82) is 0 Å². The van der Waals surface area contributed by atoms with Gasteiger partial charge in [-0.2, -0.15) is 0 Å². The first kappa shape index (κ1) is 14.2. The van der Waals surface area contributed by atoms with Gasteiger partial charge in [0.25, 0.3) is 0 Å². The van der Waals surface area contributed by atoms with Gasteiger partial charge in [-0.3, -0.25) is 9.88 Å². The highest BCUT2D eigenvalue weighted by molar-refractivity contribution is 7.10. The van der Waals surface area contributed by atoms with E-state index in [1.165, 1.54) is 4.88 Å². The minimum absolute atomic E-state index is 0.483. The van der Waals surface area contributed by atoms with Gasteiger partial charge >= 0.3 is 0 Å². The minimum Gasteiger partial charge on any atom is -0.310 e. The van der Waals surface area contributed by atoms with Crippen molar-refractivity contribution in [3.05, 3.63) is 52.5 Å². The normalized spacial score (nSPS) is 12.8. The Morgan fingerprint density at radius 3 is 2.89 bits per heavy atom. The van der Waals surface area contributed by atoms with E-state index in [4.69, 9.17) is 0 Å². The summed E-state index contributed by atoms with van der Waals surface area (Å²) in [5.74, 6) is 0. The van der Waals surface area contributed by atoms with Crippen LogP contribution in [0.1, 0.15) is 23.5 Å². The lowest BCUT2D eigenvalue weighted by Gasteiger charge is -2.23. The summed E-state index contributed by atoms with van der Waals surface area (Å²) in [5.41, 5.74) is 1.09. The van der Waals surface area contributed by atoms with E-state index in [1.54, 1.807) is 0 Å². The summed E-state index contributed by atoms with van der Waals surface area (Å²) >= 11 is 1.82. The molecular weight excluding hydrogens is 254 g/mol. The number of hydrogen-bond acceptors (Lipinski definition) is 4. The van der Waals surface area contributed by atoms with E-state index in [1.807, 2.05) is 35.7 Å². The molecule has 102 valence electrons. The molecule has 0 aliphatic carbocycles. The van der Waals surface area contributed by atoms with Crippen molar-refractivity contribution in [2.75, 3.05) is 20.1 Å². The third kappa shape index (κ3) is 4.42. The fourth-order valence-corrected chi connectivity index (χ4v) is 2.76. The first-order valence-corrected chi connectivity index (χ1v) is 7.49. The minimum atomic E-state index is 0.483. The summed E-state index contributed by atoms with van der Waals surface area (Å²) in [4.78, 5) is 8.09. The molecule has 2 rings (SSSR count). The van der Waals surface area contributed by atoms with E-state index in [0.29, 0.717) is 6.04 Å². The van der Waals surface area contributed by atoms with Crippen molar-refractivity contribution in [3.8, 4) is 0 Å². The molecule has 0 bridgehead atoms. The largest absolute Gasteiger partial charge is 0.310 e. The second-order valence-corrected chi connectivity index (χ2v) is 5.65. The zero-order valence-corrected chi connectivity index (χ0v) is 12.4. The monoisotopic (exact) mass is 275 g/mol. The SMILES string of the molecule is CC(c1cccs1)N(C)CCNCc1ccccn1. The molecule has 3 nitrogen and oxygen atoms in total. The Balaban J connectivity index is 1.68. The molecule has 2 aromatic rings. The number of nitrogens with one attached hydrogen (secondary N) is 1. The molecule has 0 amide bonds. The highest BCUT2D eigenvalue weighted by Crippen LogP contribution is 2.22. The van der Waals surface area contributed by atoms with Crippen molar-refractivity contribution in [1.82, 2.24) is 15.2 Å². The van der Waals surface area contributed by atoms with E-state index < -0.39 is 0 Å². The van der Waals surface area contributed by atoms with Gasteiger partial charge in [-0.15, -0.1) is 11.3 Å². The number of hydrogen-bond donors (Lipinski definition) is 1. The highest BCUT2D eigenvalue weighted by Gasteiger charge is 2.11. The van der Waals surface area contributed by atoms with Crippen molar-refractivity contribution >= 4 is 11.3 Å². The number of pyridine rings is 1. The molecule has 0 saturated carbocycles. The fourth-order valence-electron chi connectivity index (χ4n) is 1.91. The summed E-state index contributed by atoms with van der Waals surface area (Å²) < 4.78 is 0. The fraction of sp³-hybridized carbons (Fsp3) is 0.400. The Bertz CT molecular complexity index is 456. The van der Waals surface area contributed by atoms with Gasteiger partial charge in [0.1, 0.15) is 0 Å². The van der Waals surface area contributed by atoms with Crippen LogP contribution in [0.5, 0.6) is 0 Å². The van der Waals surface area contributed by atoms with Gasteiger partial charge in [-0.1, -0.05) is 12.1 Å². The van der Waals surface area contributed by atoms with Crippen LogP contribution in [0.25, 0.3) is 0 Å². The van der Waals surface area contributed by atoms with Gasteiger partial charge < -0.3 is 5.32 Å². The lowest BCUT2D eigenvalue weighted by atomic mass is 10.2. The van der Waals surface area contributed by atoms with Crippen molar-refractivity contribution in [2.24, 2.45) is 0 Å². The second kappa shape index (κ2) is 7.38. The molecule has 0 spiro atoms.